The first-order valence-electron chi connectivity index (χ1n) is 9.69. The number of carbonyl (C=O) groups excluding carboxylic acids is 1. The molecule has 0 amide bonds. The van der Waals surface area contributed by atoms with Crippen LogP contribution < -0.4 is 4.74 Å². The Balaban J connectivity index is 1.74. The number of fused-ring (bicyclic) bond motifs is 1. The quantitative estimate of drug-likeness (QED) is 0.419. The highest BCUT2D eigenvalue weighted by Gasteiger charge is 2.24. The lowest BCUT2D eigenvalue weighted by molar-refractivity contribution is 0.0546. The van der Waals surface area contributed by atoms with Gasteiger partial charge in [-0.1, -0.05) is 11.6 Å². The zero-order valence-electron chi connectivity index (χ0n) is 17.4. The molecule has 0 aliphatic carbocycles. The number of pyridine rings is 3. The molecule has 8 heteroatoms. The molecule has 4 rings (SSSR count). The third-order valence-electron chi connectivity index (χ3n) is 4.39. The minimum Gasteiger partial charge on any atom is -0.473 e. The van der Waals surface area contributed by atoms with Crippen LogP contribution in [-0.4, -0.2) is 31.2 Å². The average molecular weight is 437 g/mol. The fraction of sp³-hybridized carbons (Fsp3) is 0.217. The van der Waals surface area contributed by atoms with Gasteiger partial charge in [-0.3, -0.25) is 4.98 Å². The third-order valence-corrected chi connectivity index (χ3v) is 4.72. The van der Waals surface area contributed by atoms with Crippen molar-refractivity contribution in [3.8, 4) is 17.1 Å². The van der Waals surface area contributed by atoms with Crippen molar-refractivity contribution < 1.29 is 14.3 Å². The Morgan fingerprint density at radius 3 is 2.52 bits per heavy atom. The molecule has 0 N–H and O–H groups in total. The number of hydrogen-bond acceptors (Lipinski definition) is 6. The summed E-state index contributed by atoms with van der Waals surface area (Å²) in [4.78, 5) is 25.7. The molecule has 0 bridgehead atoms. The zero-order valence-corrected chi connectivity index (χ0v) is 18.1. The molecule has 0 aromatic carbocycles. The van der Waals surface area contributed by atoms with Crippen molar-refractivity contribution in [2.45, 2.75) is 33.0 Å². The van der Waals surface area contributed by atoms with Crippen molar-refractivity contribution in [1.29, 1.82) is 0 Å². The normalized spacial score (nSPS) is 11.5. The molecule has 7 nitrogen and oxygen atoms in total. The van der Waals surface area contributed by atoms with Crippen LogP contribution >= 0.6 is 11.6 Å². The number of aromatic nitrogens is 4. The molecule has 0 saturated carbocycles. The van der Waals surface area contributed by atoms with Gasteiger partial charge in [-0.05, 0) is 56.7 Å². The monoisotopic (exact) mass is 436 g/mol. The molecule has 31 heavy (non-hydrogen) atoms. The van der Waals surface area contributed by atoms with Gasteiger partial charge in [-0.15, -0.1) is 0 Å². The summed E-state index contributed by atoms with van der Waals surface area (Å²) < 4.78 is 12.9. The summed E-state index contributed by atoms with van der Waals surface area (Å²) in [7, 11) is 0. The van der Waals surface area contributed by atoms with Gasteiger partial charge in [-0.25, -0.2) is 19.3 Å². The largest absolute Gasteiger partial charge is 0.473 e. The van der Waals surface area contributed by atoms with Crippen LogP contribution in [0.3, 0.4) is 0 Å². The van der Waals surface area contributed by atoms with E-state index in [-0.39, 0.29) is 0 Å². The van der Waals surface area contributed by atoms with E-state index in [4.69, 9.17) is 21.1 Å². The smallest absolute Gasteiger partial charge is 0.420 e. The molecule has 0 saturated heterocycles. The summed E-state index contributed by atoms with van der Waals surface area (Å²) in [6.45, 7) is 5.79. The first-order chi connectivity index (χ1) is 14.8. The van der Waals surface area contributed by atoms with Gasteiger partial charge in [0, 0.05) is 41.8 Å². The van der Waals surface area contributed by atoms with Crippen molar-refractivity contribution in [1.82, 2.24) is 19.5 Å². The zero-order chi connectivity index (χ0) is 22.0. The fourth-order valence-corrected chi connectivity index (χ4v) is 3.25. The summed E-state index contributed by atoms with van der Waals surface area (Å²) >= 11 is 6.37. The van der Waals surface area contributed by atoms with Gasteiger partial charge < -0.3 is 9.47 Å². The topological polar surface area (TPSA) is 79.1 Å². The molecule has 0 spiro atoms. The average Bonchev–Trinajstić information content (AvgIpc) is 3.13. The van der Waals surface area contributed by atoms with E-state index in [9.17, 15) is 4.79 Å². The van der Waals surface area contributed by atoms with E-state index in [0.717, 1.165) is 11.1 Å². The Hall–Kier alpha value is -3.45. The molecule has 4 aromatic heterocycles. The summed E-state index contributed by atoms with van der Waals surface area (Å²) in [6.07, 6.45) is 6.06. The minimum absolute atomic E-state index is 0.349. The maximum atomic E-state index is 13.0. The predicted molar refractivity (Wildman–Crippen MR) is 118 cm³/mol. The second-order valence-electron chi connectivity index (χ2n) is 7.90. The Morgan fingerprint density at radius 2 is 1.77 bits per heavy atom. The lowest BCUT2D eigenvalue weighted by Gasteiger charge is -2.20. The summed E-state index contributed by atoms with van der Waals surface area (Å²) in [5.74, 6) is 0.425. The molecule has 0 aliphatic heterocycles. The van der Waals surface area contributed by atoms with E-state index in [1.807, 2.05) is 39.0 Å². The van der Waals surface area contributed by atoms with Crippen LogP contribution in [0, 0.1) is 0 Å². The van der Waals surface area contributed by atoms with Crippen molar-refractivity contribution in [3.05, 3.63) is 71.8 Å². The number of halogens is 1. The van der Waals surface area contributed by atoms with Crippen LogP contribution in [0.25, 0.3) is 22.3 Å². The Labute approximate surface area is 184 Å². The van der Waals surface area contributed by atoms with Crippen molar-refractivity contribution in [2.24, 2.45) is 0 Å². The highest BCUT2D eigenvalue weighted by atomic mass is 35.5. The Bertz CT molecular complexity index is 1230. The lowest BCUT2D eigenvalue weighted by Crippen LogP contribution is -2.27. The molecule has 0 atom stereocenters. The van der Waals surface area contributed by atoms with Crippen LogP contribution in [0.1, 0.15) is 26.3 Å². The van der Waals surface area contributed by atoms with Gasteiger partial charge >= 0.3 is 6.09 Å². The standard InChI is InChI=1S/C23H21ClN4O3/c1-23(2,3)31-22(29)28-19(13-17-18(24)7-11-27-21(17)28)16-6-10-26-20(12-16)30-14-15-4-8-25-9-5-15/h4-13H,14H2,1-3H3. The third kappa shape index (κ3) is 4.67. The summed E-state index contributed by atoms with van der Waals surface area (Å²) in [5, 5.41) is 1.15. The van der Waals surface area contributed by atoms with E-state index in [1.54, 1.807) is 43.0 Å². The first kappa shape index (κ1) is 20.8. The lowest BCUT2D eigenvalue weighted by atomic mass is 10.2. The second-order valence-corrected chi connectivity index (χ2v) is 8.31. The van der Waals surface area contributed by atoms with Crippen LogP contribution in [0.5, 0.6) is 5.88 Å². The SMILES string of the molecule is CC(C)(C)OC(=O)n1c(-c2ccnc(OCc3ccncc3)c2)cc2c(Cl)ccnc21. The van der Waals surface area contributed by atoms with E-state index in [1.165, 1.54) is 4.57 Å². The minimum atomic E-state index is -0.666. The van der Waals surface area contributed by atoms with E-state index in [2.05, 4.69) is 15.0 Å². The number of rotatable bonds is 4. The van der Waals surface area contributed by atoms with Crippen LogP contribution in [0.15, 0.2) is 61.2 Å². The fourth-order valence-electron chi connectivity index (χ4n) is 3.06. The van der Waals surface area contributed by atoms with Crippen LogP contribution in [0.2, 0.25) is 5.02 Å². The van der Waals surface area contributed by atoms with Gasteiger partial charge in [-0.2, -0.15) is 0 Å². The van der Waals surface area contributed by atoms with Gasteiger partial charge in [0.15, 0.2) is 5.65 Å². The highest BCUT2D eigenvalue weighted by molar-refractivity contribution is 6.35. The Kier molecular flexibility index (Phi) is 5.61. The van der Waals surface area contributed by atoms with Crippen molar-refractivity contribution in [3.63, 3.8) is 0 Å². The van der Waals surface area contributed by atoms with E-state index < -0.39 is 11.7 Å². The van der Waals surface area contributed by atoms with Crippen molar-refractivity contribution >= 4 is 28.7 Å². The predicted octanol–water partition coefficient (Wildman–Crippen LogP) is 5.51. The summed E-state index contributed by atoms with van der Waals surface area (Å²) in [6, 6.07) is 10.8. The molecule has 4 aromatic rings. The Morgan fingerprint density at radius 1 is 1.03 bits per heavy atom. The molecule has 0 fully saturated rings. The van der Waals surface area contributed by atoms with E-state index >= 15 is 0 Å². The van der Waals surface area contributed by atoms with Gasteiger partial charge in [0.25, 0.3) is 0 Å². The number of carbonyl (C=O) groups is 1. The molecule has 0 unspecified atom stereocenters. The molecule has 0 radical (unpaired) electrons. The van der Waals surface area contributed by atoms with Gasteiger partial charge in [0.05, 0.1) is 10.7 Å². The van der Waals surface area contributed by atoms with Crippen LogP contribution in [0.4, 0.5) is 4.79 Å². The molecule has 0 aliphatic rings. The first-order valence-corrected chi connectivity index (χ1v) is 10.1. The molecular formula is C23H21ClN4O3. The molecular weight excluding hydrogens is 416 g/mol. The summed E-state index contributed by atoms with van der Waals surface area (Å²) in [5.41, 5.74) is 2.04. The second kappa shape index (κ2) is 8.35. The van der Waals surface area contributed by atoms with Gasteiger partial charge in [0.2, 0.25) is 5.88 Å². The maximum Gasteiger partial charge on any atom is 0.420 e. The van der Waals surface area contributed by atoms with Gasteiger partial charge in [0.1, 0.15) is 12.2 Å². The number of nitrogens with zero attached hydrogens (tertiary/aromatic N) is 4. The van der Waals surface area contributed by atoms with E-state index in [0.29, 0.717) is 34.2 Å². The molecule has 158 valence electrons. The molecule has 4 heterocycles. The number of ether oxygens (including phenoxy) is 2. The number of hydrogen-bond donors (Lipinski definition) is 0. The highest BCUT2D eigenvalue weighted by Crippen LogP contribution is 2.33. The van der Waals surface area contributed by atoms with Crippen molar-refractivity contribution in [2.75, 3.05) is 0 Å². The maximum absolute atomic E-state index is 13.0. The van der Waals surface area contributed by atoms with Crippen LogP contribution in [-0.2, 0) is 11.3 Å².